The van der Waals surface area contributed by atoms with Crippen molar-refractivity contribution in [2.45, 2.75) is 19.9 Å². The van der Waals surface area contributed by atoms with Crippen LogP contribution in [0.5, 0.6) is 0 Å². The average Bonchev–Trinajstić information content (AvgIpc) is 2.17. The number of aliphatic carboxylic acids is 1. The van der Waals surface area contributed by atoms with E-state index in [0.717, 1.165) is 4.47 Å². The van der Waals surface area contributed by atoms with Gasteiger partial charge in [-0.3, -0.25) is 9.78 Å². The largest absolute Gasteiger partial charge is 0.480 e. The molecule has 0 aromatic carbocycles. The van der Waals surface area contributed by atoms with E-state index < -0.39 is 12.0 Å². The summed E-state index contributed by atoms with van der Waals surface area (Å²) in [7, 11) is 0. The maximum Gasteiger partial charge on any atom is 0.325 e. The average molecular weight is 287 g/mol. The van der Waals surface area contributed by atoms with Crippen LogP contribution in [0.15, 0.2) is 22.9 Å². The Morgan fingerprint density at radius 1 is 1.56 bits per heavy atom. The fourth-order valence-electron chi connectivity index (χ4n) is 1.29. The number of rotatable bonds is 5. The molecule has 2 N–H and O–H groups in total. The number of halogens is 1. The molecule has 1 aromatic rings. The molecular formula is C11H15BrN2O2. The van der Waals surface area contributed by atoms with Gasteiger partial charge in [-0.2, -0.15) is 0 Å². The van der Waals surface area contributed by atoms with Crippen LogP contribution < -0.4 is 5.32 Å². The number of nitrogens with one attached hydrogen (secondary N) is 1. The second kappa shape index (κ2) is 5.96. The molecule has 1 atom stereocenters. The third-order valence-corrected chi connectivity index (χ3v) is 2.47. The number of aromatic nitrogens is 1. The van der Waals surface area contributed by atoms with E-state index in [1.54, 1.807) is 18.5 Å². The van der Waals surface area contributed by atoms with Gasteiger partial charge in [0.1, 0.15) is 6.04 Å². The zero-order valence-corrected chi connectivity index (χ0v) is 10.9. The van der Waals surface area contributed by atoms with E-state index in [1.165, 1.54) is 0 Å². The summed E-state index contributed by atoms with van der Waals surface area (Å²) in [5.41, 5.74) is 0.655. The lowest BCUT2D eigenvalue weighted by atomic mass is 10.1. The number of carbonyl (C=O) groups is 1. The molecule has 1 rings (SSSR count). The summed E-state index contributed by atoms with van der Waals surface area (Å²) >= 11 is 3.28. The van der Waals surface area contributed by atoms with E-state index in [4.69, 9.17) is 5.11 Å². The summed E-state index contributed by atoms with van der Waals surface area (Å²) in [4.78, 5) is 15.1. The van der Waals surface area contributed by atoms with Gasteiger partial charge in [-0.05, 0) is 40.0 Å². The Morgan fingerprint density at radius 3 is 2.75 bits per heavy atom. The predicted octanol–water partition coefficient (Wildman–Crippen LogP) is 2.22. The minimum absolute atomic E-state index is 0.405. The van der Waals surface area contributed by atoms with E-state index in [9.17, 15) is 4.79 Å². The van der Waals surface area contributed by atoms with Gasteiger partial charge in [-0.1, -0.05) is 13.8 Å². The van der Waals surface area contributed by atoms with Gasteiger partial charge in [-0.15, -0.1) is 0 Å². The quantitative estimate of drug-likeness (QED) is 0.871. The summed E-state index contributed by atoms with van der Waals surface area (Å²) in [6, 6.07) is 1.06. The third kappa shape index (κ3) is 3.90. The molecule has 0 amide bonds. The fraction of sp³-hybridized carbons (Fsp3) is 0.455. The maximum absolute atomic E-state index is 11.1. The topological polar surface area (TPSA) is 62.2 Å². The van der Waals surface area contributed by atoms with E-state index in [0.29, 0.717) is 18.0 Å². The van der Waals surface area contributed by atoms with Crippen LogP contribution in [-0.2, 0) is 4.79 Å². The second-order valence-electron chi connectivity index (χ2n) is 4.01. The van der Waals surface area contributed by atoms with Crippen LogP contribution in [0, 0.1) is 5.92 Å². The van der Waals surface area contributed by atoms with Gasteiger partial charge in [-0.25, -0.2) is 0 Å². The van der Waals surface area contributed by atoms with Gasteiger partial charge in [0.15, 0.2) is 0 Å². The number of carboxylic acids is 1. The van der Waals surface area contributed by atoms with Crippen LogP contribution >= 0.6 is 15.9 Å². The van der Waals surface area contributed by atoms with Crippen molar-refractivity contribution < 1.29 is 9.90 Å². The maximum atomic E-state index is 11.1. The van der Waals surface area contributed by atoms with Crippen LogP contribution in [0.25, 0.3) is 0 Å². The van der Waals surface area contributed by atoms with Crippen molar-refractivity contribution in [3.63, 3.8) is 0 Å². The zero-order valence-electron chi connectivity index (χ0n) is 9.27. The van der Waals surface area contributed by atoms with Crippen molar-refractivity contribution >= 4 is 21.9 Å². The molecule has 0 aliphatic heterocycles. The molecule has 1 unspecified atom stereocenters. The van der Waals surface area contributed by atoms with Crippen LogP contribution in [0.1, 0.15) is 25.5 Å². The smallest absolute Gasteiger partial charge is 0.325 e. The lowest BCUT2D eigenvalue weighted by Crippen LogP contribution is -2.31. The minimum atomic E-state index is -0.888. The Balaban J connectivity index is 2.81. The fourth-order valence-corrected chi connectivity index (χ4v) is 1.67. The molecule has 0 fully saturated rings. The first-order valence-corrected chi connectivity index (χ1v) is 5.86. The molecule has 1 aromatic heterocycles. The molecule has 0 aliphatic carbocycles. The standard InChI is InChI=1S/C11H15BrN2O2/c1-7(2)4-14-10(11(15)16)8-3-9(12)6-13-5-8/h3,5-7,10,14H,4H2,1-2H3,(H,15,16). The van der Waals surface area contributed by atoms with Crippen LogP contribution in [0.4, 0.5) is 0 Å². The summed E-state index contributed by atoms with van der Waals surface area (Å²) in [6.45, 7) is 4.72. The predicted molar refractivity (Wildman–Crippen MR) is 65.2 cm³/mol. The van der Waals surface area contributed by atoms with E-state index in [1.807, 2.05) is 13.8 Å². The van der Waals surface area contributed by atoms with Gasteiger partial charge in [0.05, 0.1) is 0 Å². The van der Waals surface area contributed by atoms with Crippen LogP contribution in [0.3, 0.4) is 0 Å². The van der Waals surface area contributed by atoms with E-state index in [-0.39, 0.29) is 0 Å². The highest BCUT2D eigenvalue weighted by Crippen LogP contribution is 2.17. The lowest BCUT2D eigenvalue weighted by molar-refractivity contribution is -0.139. The molecule has 0 aliphatic rings. The normalized spacial score (nSPS) is 12.8. The number of carboxylic acid groups (broad SMARTS) is 1. The van der Waals surface area contributed by atoms with Gasteiger partial charge in [0.25, 0.3) is 0 Å². The molecule has 0 bridgehead atoms. The Kier molecular flexibility index (Phi) is 4.89. The summed E-state index contributed by atoms with van der Waals surface area (Å²) < 4.78 is 0.780. The lowest BCUT2D eigenvalue weighted by Gasteiger charge is -2.16. The molecule has 0 spiro atoms. The Bertz CT molecular complexity index is 369. The van der Waals surface area contributed by atoms with Crippen molar-refractivity contribution in [1.29, 1.82) is 0 Å². The molecule has 88 valence electrons. The van der Waals surface area contributed by atoms with Gasteiger partial charge in [0, 0.05) is 16.9 Å². The molecule has 4 nitrogen and oxygen atoms in total. The first-order chi connectivity index (χ1) is 7.50. The van der Waals surface area contributed by atoms with Crippen molar-refractivity contribution in [1.82, 2.24) is 10.3 Å². The minimum Gasteiger partial charge on any atom is -0.480 e. The SMILES string of the molecule is CC(C)CNC(C(=O)O)c1cncc(Br)c1. The monoisotopic (exact) mass is 286 g/mol. The van der Waals surface area contributed by atoms with Crippen molar-refractivity contribution in [2.24, 2.45) is 5.92 Å². The molecule has 0 saturated heterocycles. The highest BCUT2D eigenvalue weighted by Gasteiger charge is 2.19. The Labute approximate surface area is 103 Å². The molecular weight excluding hydrogens is 272 g/mol. The van der Waals surface area contributed by atoms with Gasteiger partial charge in [0.2, 0.25) is 0 Å². The molecule has 16 heavy (non-hydrogen) atoms. The number of hydrogen-bond acceptors (Lipinski definition) is 3. The van der Waals surface area contributed by atoms with Gasteiger partial charge >= 0.3 is 5.97 Å². The summed E-state index contributed by atoms with van der Waals surface area (Å²) in [5, 5.41) is 12.1. The first-order valence-electron chi connectivity index (χ1n) is 5.07. The molecule has 1 heterocycles. The zero-order chi connectivity index (χ0) is 12.1. The van der Waals surface area contributed by atoms with Crippen molar-refractivity contribution in [3.8, 4) is 0 Å². The number of pyridine rings is 1. The van der Waals surface area contributed by atoms with Crippen molar-refractivity contribution in [3.05, 3.63) is 28.5 Å². The molecule has 5 heteroatoms. The first kappa shape index (κ1) is 13.1. The number of hydrogen-bond donors (Lipinski definition) is 2. The second-order valence-corrected chi connectivity index (χ2v) is 4.93. The van der Waals surface area contributed by atoms with Crippen molar-refractivity contribution in [2.75, 3.05) is 6.54 Å². The van der Waals surface area contributed by atoms with E-state index in [2.05, 4.69) is 26.2 Å². The Hall–Kier alpha value is -0.940. The van der Waals surface area contributed by atoms with Crippen LogP contribution in [-0.4, -0.2) is 22.6 Å². The Morgan fingerprint density at radius 2 is 2.25 bits per heavy atom. The van der Waals surface area contributed by atoms with E-state index >= 15 is 0 Å². The summed E-state index contributed by atoms with van der Waals surface area (Å²) in [5.74, 6) is -0.484. The van der Waals surface area contributed by atoms with Gasteiger partial charge < -0.3 is 10.4 Å². The highest BCUT2D eigenvalue weighted by atomic mass is 79.9. The highest BCUT2D eigenvalue weighted by molar-refractivity contribution is 9.10. The molecule has 0 saturated carbocycles. The number of nitrogens with zero attached hydrogens (tertiary/aromatic N) is 1. The molecule has 0 radical (unpaired) electrons. The third-order valence-electron chi connectivity index (χ3n) is 2.04. The summed E-state index contributed by atoms with van der Waals surface area (Å²) in [6.07, 6.45) is 3.20. The van der Waals surface area contributed by atoms with Crippen LogP contribution in [0.2, 0.25) is 0 Å².